The predicted molar refractivity (Wildman–Crippen MR) is 98.1 cm³/mol. The molecule has 2 aromatic rings. The summed E-state index contributed by atoms with van der Waals surface area (Å²) >= 11 is 6.06. The van der Waals surface area contributed by atoms with E-state index in [9.17, 15) is 9.90 Å². The second kappa shape index (κ2) is 7.40. The third-order valence-electron chi connectivity index (χ3n) is 3.49. The molecule has 136 valence electrons. The standard InChI is InChI=1S/C19H23ClO5/c1-6-23-16-14(21)13-10-11(20)8-9-12(13)15(17(16)24-7-2)25-18(22)19(3,4)5/h8-10,21H,6-7H2,1-5H3. The average Bonchev–Trinajstić information content (AvgIpc) is 2.53. The second-order valence-corrected chi connectivity index (χ2v) is 6.97. The molecule has 0 aliphatic carbocycles. The Kier molecular flexibility index (Phi) is 5.68. The van der Waals surface area contributed by atoms with E-state index < -0.39 is 11.4 Å². The Morgan fingerprint density at radius 2 is 1.64 bits per heavy atom. The number of phenols is 1. The van der Waals surface area contributed by atoms with Crippen LogP contribution in [0.2, 0.25) is 5.02 Å². The molecule has 0 radical (unpaired) electrons. The summed E-state index contributed by atoms with van der Waals surface area (Å²) in [4.78, 5) is 12.4. The first-order valence-electron chi connectivity index (χ1n) is 8.16. The lowest BCUT2D eigenvalue weighted by atomic mass is 9.97. The van der Waals surface area contributed by atoms with Gasteiger partial charge in [-0.25, -0.2) is 0 Å². The number of benzene rings is 2. The van der Waals surface area contributed by atoms with E-state index in [0.29, 0.717) is 29.0 Å². The first-order valence-corrected chi connectivity index (χ1v) is 8.54. The Hall–Kier alpha value is -2.14. The molecule has 0 amide bonds. The van der Waals surface area contributed by atoms with Gasteiger partial charge in [0.15, 0.2) is 11.5 Å². The summed E-state index contributed by atoms with van der Waals surface area (Å²) < 4.78 is 16.9. The van der Waals surface area contributed by atoms with Gasteiger partial charge in [0.25, 0.3) is 0 Å². The highest BCUT2D eigenvalue weighted by Gasteiger charge is 2.29. The van der Waals surface area contributed by atoms with Crippen LogP contribution in [0.5, 0.6) is 23.0 Å². The molecule has 2 rings (SSSR count). The molecule has 0 saturated carbocycles. The molecule has 0 spiro atoms. The number of halogens is 1. The van der Waals surface area contributed by atoms with Crippen molar-refractivity contribution in [3.05, 3.63) is 23.2 Å². The molecule has 0 aromatic heterocycles. The van der Waals surface area contributed by atoms with Crippen molar-refractivity contribution in [1.82, 2.24) is 0 Å². The van der Waals surface area contributed by atoms with Crippen molar-refractivity contribution in [3.8, 4) is 23.0 Å². The lowest BCUT2D eigenvalue weighted by Crippen LogP contribution is -2.26. The van der Waals surface area contributed by atoms with Crippen molar-refractivity contribution in [2.45, 2.75) is 34.6 Å². The van der Waals surface area contributed by atoms with Gasteiger partial charge < -0.3 is 19.3 Å². The minimum absolute atomic E-state index is 0.0987. The van der Waals surface area contributed by atoms with Crippen molar-refractivity contribution in [2.75, 3.05) is 13.2 Å². The fraction of sp³-hybridized carbons (Fsp3) is 0.421. The number of hydrogen-bond donors (Lipinski definition) is 1. The molecule has 0 fully saturated rings. The van der Waals surface area contributed by atoms with Crippen LogP contribution in [0.3, 0.4) is 0 Å². The maximum Gasteiger partial charge on any atom is 0.316 e. The Bertz CT molecular complexity index is 793. The van der Waals surface area contributed by atoms with Gasteiger partial charge in [0.2, 0.25) is 11.5 Å². The summed E-state index contributed by atoms with van der Waals surface area (Å²) in [5, 5.41) is 12.0. The fourth-order valence-electron chi connectivity index (χ4n) is 2.27. The number of phenolic OH excluding ortho intramolecular Hbond substituents is 1. The summed E-state index contributed by atoms with van der Waals surface area (Å²) in [6.45, 7) is 9.51. The second-order valence-electron chi connectivity index (χ2n) is 6.53. The first kappa shape index (κ1) is 19.2. The van der Waals surface area contributed by atoms with Gasteiger partial charge >= 0.3 is 5.97 Å². The summed E-state index contributed by atoms with van der Waals surface area (Å²) in [7, 11) is 0. The number of fused-ring (bicyclic) bond motifs is 1. The van der Waals surface area contributed by atoms with E-state index in [1.165, 1.54) is 0 Å². The Labute approximate surface area is 152 Å². The highest BCUT2D eigenvalue weighted by Crippen LogP contribution is 2.51. The topological polar surface area (TPSA) is 65.0 Å². The zero-order valence-corrected chi connectivity index (χ0v) is 15.9. The molecule has 0 aliphatic heterocycles. The van der Waals surface area contributed by atoms with Gasteiger partial charge in [-0.15, -0.1) is 0 Å². The number of ether oxygens (including phenoxy) is 3. The predicted octanol–water partition coefficient (Wildman–Crippen LogP) is 4.95. The monoisotopic (exact) mass is 366 g/mol. The van der Waals surface area contributed by atoms with Crippen LogP contribution in [-0.2, 0) is 4.79 Å². The normalized spacial score (nSPS) is 11.4. The van der Waals surface area contributed by atoms with E-state index in [0.717, 1.165) is 0 Å². The van der Waals surface area contributed by atoms with E-state index in [-0.39, 0.29) is 23.0 Å². The van der Waals surface area contributed by atoms with Crippen molar-refractivity contribution >= 4 is 28.3 Å². The van der Waals surface area contributed by atoms with Gasteiger partial charge in [-0.3, -0.25) is 4.79 Å². The highest BCUT2D eigenvalue weighted by molar-refractivity contribution is 6.31. The number of rotatable bonds is 5. The van der Waals surface area contributed by atoms with Gasteiger partial charge in [-0.2, -0.15) is 0 Å². The van der Waals surface area contributed by atoms with E-state index in [1.54, 1.807) is 52.8 Å². The van der Waals surface area contributed by atoms with Crippen LogP contribution in [-0.4, -0.2) is 24.3 Å². The van der Waals surface area contributed by atoms with Gasteiger partial charge in [0.05, 0.1) is 18.6 Å². The summed E-state index contributed by atoms with van der Waals surface area (Å²) in [5.41, 5.74) is -0.702. The van der Waals surface area contributed by atoms with Crippen LogP contribution in [0.25, 0.3) is 10.8 Å². The van der Waals surface area contributed by atoms with Crippen molar-refractivity contribution in [2.24, 2.45) is 5.41 Å². The highest BCUT2D eigenvalue weighted by atomic mass is 35.5. The van der Waals surface area contributed by atoms with Gasteiger partial charge in [-0.1, -0.05) is 11.6 Å². The molecule has 0 unspecified atom stereocenters. The summed E-state index contributed by atoms with van der Waals surface area (Å²) in [6.07, 6.45) is 0. The lowest BCUT2D eigenvalue weighted by Gasteiger charge is -2.22. The Morgan fingerprint density at radius 3 is 2.20 bits per heavy atom. The number of carbonyl (C=O) groups is 1. The van der Waals surface area contributed by atoms with Crippen LogP contribution in [0, 0.1) is 5.41 Å². The molecule has 0 saturated heterocycles. The minimum atomic E-state index is -0.702. The quantitative estimate of drug-likeness (QED) is 0.599. The van der Waals surface area contributed by atoms with Gasteiger partial charge in [-0.05, 0) is 52.8 Å². The van der Waals surface area contributed by atoms with E-state index in [4.69, 9.17) is 25.8 Å². The largest absolute Gasteiger partial charge is 0.504 e. The molecule has 6 heteroatoms. The van der Waals surface area contributed by atoms with E-state index >= 15 is 0 Å². The number of carbonyl (C=O) groups excluding carboxylic acids is 1. The molecule has 0 bridgehead atoms. The van der Waals surface area contributed by atoms with Crippen molar-refractivity contribution in [3.63, 3.8) is 0 Å². The first-order chi connectivity index (χ1) is 11.7. The molecule has 2 aromatic carbocycles. The number of esters is 1. The Balaban J connectivity index is 2.80. The van der Waals surface area contributed by atoms with Crippen molar-refractivity contribution < 1.29 is 24.1 Å². The fourth-order valence-corrected chi connectivity index (χ4v) is 2.44. The van der Waals surface area contributed by atoms with Crippen LogP contribution >= 0.6 is 11.6 Å². The number of aromatic hydroxyl groups is 1. The molecule has 0 heterocycles. The van der Waals surface area contributed by atoms with Crippen LogP contribution in [0.15, 0.2) is 18.2 Å². The smallest absolute Gasteiger partial charge is 0.316 e. The van der Waals surface area contributed by atoms with Crippen molar-refractivity contribution in [1.29, 1.82) is 0 Å². The van der Waals surface area contributed by atoms with Crippen LogP contribution in [0.4, 0.5) is 0 Å². The third kappa shape index (κ3) is 3.93. The zero-order valence-electron chi connectivity index (χ0n) is 15.1. The molecule has 0 aliphatic rings. The minimum Gasteiger partial charge on any atom is -0.504 e. The lowest BCUT2D eigenvalue weighted by molar-refractivity contribution is -0.143. The molecular formula is C19H23ClO5. The average molecular weight is 367 g/mol. The maximum absolute atomic E-state index is 12.4. The van der Waals surface area contributed by atoms with Gasteiger partial charge in [0.1, 0.15) is 0 Å². The molecule has 25 heavy (non-hydrogen) atoms. The molecule has 5 nitrogen and oxygen atoms in total. The SMILES string of the molecule is CCOc1c(OCC)c(OC(=O)C(C)(C)C)c2ccc(Cl)cc2c1O. The van der Waals surface area contributed by atoms with Crippen LogP contribution < -0.4 is 14.2 Å². The van der Waals surface area contributed by atoms with E-state index in [2.05, 4.69) is 0 Å². The number of hydrogen-bond acceptors (Lipinski definition) is 5. The molecular weight excluding hydrogens is 344 g/mol. The van der Waals surface area contributed by atoms with Gasteiger partial charge in [0, 0.05) is 15.8 Å². The molecule has 1 N–H and O–H groups in total. The summed E-state index contributed by atoms with van der Waals surface area (Å²) in [5.74, 6) is 0.0380. The molecule has 0 atom stereocenters. The summed E-state index contributed by atoms with van der Waals surface area (Å²) in [6, 6.07) is 4.94. The maximum atomic E-state index is 12.4. The zero-order chi connectivity index (χ0) is 18.8. The third-order valence-corrected chi connectivity index (χ3v) is 3.73. The van der Waals surface area contributed by atoms with E-state index in [1.807, 2.05) is 0 Å². The van der Waals surface area contributed by atoms with Crippen LogP contribution in [0.1, 0.15) is 34.6 Å². The Morgan fingerprint density at radius 1 is 1.04 bits per heavy atom.